The lowest BCUT2D eigenvalue weighted by molar-refractivity contribution is -0.120. The molecule has 0 aromatic heterocycles. The van der Waals surface area contributed by atoms with Crippen molar-refractivity contribution in [3.8, 4) is 17.2 Å². The van der Waals surface area contributed by atoms with Crippen molar-refractivity contribution >= 4 is 23.2 Å². The Labute approximate surface area is 144 Å². The predicted molar refractivity (Wildman–Crippen MR) is 89.9 cm³/mol. The molecule has 0 aliphatic rings. The molecule has 5 nitrogen and oxygen atoms in total. The highest BCUT2D eigenvalue weighted by Gasteiger charge is 2.15. The number of halogens is 2. The Hall–Kier alpha value is -2.47. The number of methoxy groups -OCH3 is 2. The molecule has 0 saturated carbocycles. The Morgan fingerprint density at radius 3 is 2.46 bits per heavy atom. The third kappa shape index (κ3) is 4.08. The van der Waals surface area contributed by atoms with Gasteiger partial charge in [-0.05, 0) is 24.3 Å². The SMILES string of the molecule is COc1ccc(N(C)C(=O)COc2ccc(F)c(Cl)c2)cc1OC. The fraction of sp³-hybridized carbons (Fsp3) is 0.235. The fourth-order valence-electron chi connectivity index (χ4n) is 1.99. The first-order valence-corrected chi connectivity index (χ1v) is 7.40. The van der Waals surface area contributed by atoms with Gasteiger partial charge in [0.05, 0.1) is 19.2 Å². The number of anilines is 1. The molecule has 0 radical (unpaired) electrons. The number of hydrogen-bond donors (Lipinski definition) is 0. The van der Waals surface area contributed by atoms with Gasteiger partial charge in [-0.2, -0.15) is 0 Å². The maximum absolute atomic E-state index is 13.1. The molecule has 128 valence electrons. The van der Waals surface area contributed by atoms with Gasteiger partial charge in [0.1, 0.15) is 11.6 Å². The van der Waals surface area contributed by atoms with Crippen molar-refractivity contribution in [2.24, 2.45) is 0 Å². The molecule has 7 heteroatoms. The fourth-order valence-corrected chi connectivity index (χ4v) is 2.16. The highest BCUT2D eigenvalue weighted by molar-refractivity contribution is 6.30. The maximum atomic E-state index is 13.1. The lowest BCUT2D eigenvalue weighted by atomic mass is 10.2. The van der Waals surface area contributed by atoms with Crippen LogP contribution in [-0.4, -0.2) is 33.8 Å². The predicted octanol–water partition coefficient (Wildman–Crippen LogP) is 3.54. The number of likely N-dealkylation sites (N-methyl/N-ethyl adjacent to an activating group) is 1. The molecule has 24 heavy (non-hydrogen) atoms. The number of nitrogens with zero attached hydrogens (tertiary/aromatic N) is 1. The van der Waals surface area contributed by atoms with Gasteiger partial charge in [-0.25, -0.2) is 4.39 Å². The van der Waals surface area contributed by atoms with E-state index in [0.29, 0.717) is 22.9 Å². The van der Waals surface area contributed by atoms with Crippen LogP contribution in [0.4, 0.5) is 10.1 Å². The van der Waals surface area contributed by atoms with E-state index in [0.717, 1.165) is 0 Å². The summed E-state index contributed by atoms with van der Waals surface area (Å²) in [6.07, 6.45) is 0. The number of rotatable bonds is 6. The van der Waals surface area contributed by atoms with Crippen molar-refractivity contribution in [3.63, 3.8) is 0 Å². The molecule has 0 fully saturated rings. The first-order chi connectivity index (χ1) is 11.5. The van der Waals surface area contributed by atoms with E-state index < -0.39 is 5.82 Å². The van der Waals surface area contributed by atoms with E-state index in [1.54, 1.807) is 25.2 Å². The normalized spacial score (nSPS) is 10.2. The zero-order valence-electron chi connectivity index (χ0n) is 13.5. The molecule has 0 spiro atoms. The largest absolute Gasteiger partial charge is 0.493 e. The second-order valence-electron chi connectivity index (χ2n) is 4.86. The van der Waals surface area contributed by atoms with Crippen LogP contribution in [0.3, 0.4) is 0 Å². The zero-order valence-corrected chi connectivity index (χ0v) is 14.3. The van der Waals surface area contributed by atoms with Gasteiger partial charge in [-0.3, -0.25) is 4.79 Å². The summed E-state index contributed by atoms with van der Waals surface area (Å²) in [6, 6.07) is 9.03. The van der Waals surface area contributed by atoms with E-state index in [1.807, 2.05) is 0 Å². The summed E-state index contributed by atoms with van der Waals surface area (Å²) >= 11 is 5.67. The van der Waals surface area contributed by atoms with Gasteiger partial charge in [0.2, 0.25) is 0 Å². The highest BCUT2D eigenvalue weighted by atomic mass is 35.5. The first kappa shape index (κ1) is 17.9. The minimum atomic E-state index is -0.544. The molecule has 0 aliphatic carbocycles. The van der Waals surface area contributed by atoms with Gasteiger partial charge < -0.3 is 19.1 Å². The molecule has 0 saturated heterocycles. The molecule has 2 aromatic carbocycles. The minimum absolute atomic E-state index is 0.0619. The van der Waals surface area contributed by atoms with Crippen molar-refractivity contribution in [2.75, 3.05) is 32.8 Å². The molecule has 0 heterocycles. The monoisotopic (exact) mass is 353 g/mol. The average Bonchev–Trinajstić information content (AvgIpc) is 2.61. The lowest BCUT2D eigenvalue weighted by Crippen LogP contribution is -2.31. The number of carbonyl (C=O) groups is 1. The number of hydrogen-bond acceptors (Lipinski definition) is 4. The van der Waals surface area contributed by atoms with E-state index in [9.17, 15) is 9.18 Å². The number of benzene rings is 2. The summed E-state index contributed by atoms with van der Waals surface area (Å²) in [5.41, 5.74) is 0.624. The van der Waals surface area contributed by atoms with Crippen LogP contribution in [0.1, 0.15) is 0 Å². The molecule has 0 N–H and O–H groups in total. The molecule has 0 bridgehead atoms. The van der Waals surface area contributed by atoms with Crippen LogP contribution in [0, 0.1) is 5.82 Å². The zero-order chi connectivity index (χ0) is 17.7. The Morgan fingerprint density at radius 1 is 1.12 bits per heavy atom. The first-order valence-electron chi connectivity index (χ1n) is 7.02. The number of ether oxygens (including phenoxy) is 3. The van der Waals surface area contributed by atoms with Crippen molar-refractivity contribution in [3.05, 3.63) is 47.2 Å². The van der Waals surface area contributed by atoms with E-state index in [1.165, 1.54) is 37.3 Å². The van der Waals surface area contributed by atoms with Gasteiger partial charge in [0, 0.05) is 24.9 Å². The minimum Gasteiger partial charge on any atom is -0.493 e. The molecular formula is C17H17ClFNO4. The van der Waals surface area contributed by atoms with Crippen molar-refractivity contribution in [1.29, 1.82) is 0 Å². The van der Waals surface area contributed by atoms with E-state index in [4.69, 9.17) is 25.8 Å². The Morgan fingerprint density at radius 2 is 1.83 bits per heavy atom. The van der Waals surface area contributed by atoms with Crippen LogP contribution in [0.25, 0.3) is 0 Å². The summed E-state index contributed by atoms with van der Waals surface area (Å²) in [5, 5.41) is -0.0619. The summed E-state index contributed by atoms with van der Waals surface area (Å²) < 4.78 is 28.8. The van der Waals surface area contributed by atoms with Gasteiger partial charge in [-0.15, -0.1) is 0 Å². The maximum Gasteiger partial charge on any atom is 0.264 e. The van der Waals surface area contributed by atoms with Crippen molar-refractivity contribution in [1.82, 2.24) is 0 Å². The summed E-state index contributed by atoms with van der Waals surface area (Å²) in [4.78, 5) is 13.7. The Bertz CT molecular complexity index is 739. The van der Waals surface area contributed by atoms with Crippen LogP contribution in [0.15, 0.2) is 36.4 Å². The summed E-state index contributed by atoms with van der Waals surface area (Å²) in [6.45, 7) is -0.215. The molecule has 0 atom stereocenters. The standard InChI is InChI=1S/C17H17ClFNO4/c1-20(11-4-7-15(22-2)16(8-11)23-3)17(21)10-24-12-5-6-14(19)13(18)9-12/h4-9H,10H2,1-3H3. The smallest absolute Gasteiger partial charge is 0.264 e. The van der Waals surface area contributed by atoms with E-state index in [-0.39, 0.29) is 17.5 Å². The third-order valence-electron chi connectivity index (χ3n) is 3.38. The van der Waals surface area contributed by atoms with Gasteiger partial charge in [-0.1, -0.05) is 11.6 Å². The molecule has 2 aromatic rings. The van der Waals surface area contributed by atoms with Crippen LogP contribution < -0.4 is 19.1 Å². The Balaban J connectivity index is 2.05. The van der Waals surface area contributed by atoms with Gasteiger partial charge in [0.25, 0.3) is 5.91 Å². The molecular weight excluding hydrogens is 337 g/mol. The van der Waals surface area contributed by atoms with Crippen LogP contribution in [-0.2, 0) is 4.79 Å². The second kappa shape index (κ2) is 7.88. The molecule has 1 amide bonds. The Kier molecular flexibility index (Phi) is 5.87. The van der Waals surface area contributed by atoms with Gasteiger partial charge in [0.15, 0.2) is 18.1 Å². The van der Waals surface area contributed by atoms with Gasteiger partial charge >= 0.3 is 0 Å². The van der Waals surface area contributed by atoms with Crippen LogP contribution in [0.2, 0.25) is 5.02 Å². The highest BCUT2D eigenvalue weighted by Crippen LogP contribution is 2.31. The van der Waals surface area contributed by atoms with E-state index in [2.05, 4.69) is 0 Å². The quantitative estimate of drug-likeness (QED) is 0.797. The topological polar surface area (TPSA) is 48.0 Å². The number of carbonyl (C=O) groups excluding carboxylic acids is 1. The third-order valence-corrected chi connectivity index (χ3v) is 3.67. The second-order valence-corrected chi connectivity index (χ2v) is 5.26. The lowest BCUT2D eigenvalue weighted by Gasteiger charge is -2.19. The van der Waals surface area contributed by atoms with Crippen LogP contribution in [0.5, 0.6) is 17.2 Å². The molecule has 2 rings (SSSR count). The summed E-state index contributed by atoms with van der Waals surface area (Å²) in [7, 11) is 4.67. The van der Waals surface area contributed by atoms with Crippen molar-refractivity contribution < 1.29 is 23.4 Å². The van der Waals surface area contributed by atoms with Crippen molar-refractivity contribution in [2.45, 2.75) is 0 Å². The average molecular weight is 354 g/mol. The number of amides is 1. The molecule has 0 unspecified atom stereocenters. The molecule has 0 aliphatic heterocycles. The van der Waals surface area contributed by atoms with E-state index >= 15 is 0 Å². The summed E-state index contributed by atoms with van der Waals surface area (Å²) in [5.74, 6) is 0.566. The van der Waals surface area contributed by atoms with Crippen LogP contribution >= 0.6 is 11.6 Å².